The summed E-state index contributed by atoms with van der Waals surface area (Å²) < 4.78 is 0. The standard InChI is InChI=1S/C19H30Si3/c1-20(2,3)14-12-17-10-11-18(13-15-21(4,5)6)19(16-17)22(7,8)9/h10-11,16H,1-9H3. The monoisotopic (exact) mass is 342 g/mol. The molecule has 1 aromatic carbocycles. The molecule has 0 bridgehead atoms. The lowest BCUT2D eigenvalue weighted by Crippen LogP contribution is -2.40. The summed E-state index contributed by atoms with van der Waals surface area (Å²) in [5.41, 5.74) is 9.35. The first kappa shape index (κ1) is 19.0. The Balaban J connectivity index is 3.37. The maximum Gasteiger partial charge on any atom is 0.129 e. The smallest absolute Gasteiger partial charge is 0.127 e. The average molecular weight is 343 g/mol. The quantitative estimate of drug-likeness (QED) is 0.513. The Morgan fingerprint density at radius 3 is 1.64 bits per heavy atom. The van der Waals surface area contributed by atoms with Gasteiger partial charge in [-0.1, -0.05) is 70.8 Å². The lowest BCUT2D eigenvalue weighted by molar-refractivity contribution is 1.60. The molecule has 1 aromatic rings. The van der Waals surface area contributed by atoms with Crippen LogP contribution in [0.5, 0.6) is 0 Å². The number of benzene rings is 1. The molecule has 22 heavy (non-hydrogen) atoms. The molecule has 0 spiro atoms. The van der Waals surface area contributed by atoms with Gasteiger partial charge in [-0.05, 0) is 23.4 Å². The van der Waals surface area contributed by atoms with Crippen LogP contribution < -0.4 is 5.19 Å². The van der Waals surface area contributed by atoms with E-state index in [1.807, 2.05) is 0 Å². The SMILES string of the molecule is C[Si](C)(C)C#Cc1ccc(C#C[Si](C)(C)C)c([Si](C)(C)C)c1. The number of hydrogen-bond acceptors (Lipinski definition) is 0. The van der Waals surface area contributed by atoms with Crippen LogP contribution in [0.4, 0.5) is 0 Å². The van der Waals surface area contributed by atoms with E-state index < -0.39 is 24.2 Å². The number of rotatable bonds is 1. The zero-order valence-electron chi connectivity index (χ0n) is 15.7. The van der Waals surface area contributed by atoms with Gasteiger partial charge in [-0.2, -0.15) is 0 Å². The van der Waals surface area contributed by atoms with E-state index in [1.54, 1.807) is 0 Å². The maximum absolute atomic E-state index is 3.51. The van der Waals surface area contributed by atoms with Crippen molar-refractivity contribution in [1.29, 1.82) is 0 Å². The molecule has 1 rings (SSSR count). The Hall–Kier alpha value is -1.01. The van der Waals surface area contributed by atoms with E-state index in [2.05, 4.69) is 100 Å². The highest BCUT2D eigenvalue weighted by molar-refractivity contribution is 6.89. The molecule has 0 aliphatic heterocycles. The highest BCUT2D eigenvalue weighted by Crippen LogP contribution is 2.10. The minimum absolute atomic E-state index is 1.15. The first-order valence-electron chi connectivity index (χ1n) is 7.99. The molecule has 0 aliphatic carbocycles. The van der Waals surface area contributed by atoms with Crippen LogP contribution in [-0.4, -0.2) is 24.2 Å². The van der Waals surface area contributed by atoms with Crippen LogP contribution in [0, 0.1) is 22.9 Å². The third kappa shape index (κ3) is 6.83. The van der Waals surface area contributed by atoms with Gasteiger partial charge >= 0.3 is 0 Å². The van der Waals surface area contributed by atoms with Crippen molar-refractivity contribution in [1.82, 2.24) is 0 Å². The molecule has 0 aromatic heterocycles. The lowest BCUT2D eigenvalue weighted by atomic mass is 10.1. The Kier molecular flexibility index (Phi) is 5.73. The normalized spacial score (nSPS) is 12.0. The third-order valence-electron chi connectivity index (χ3n) is 2.98. The second-order valence-corrected chi connectivity index (χ2v) is 23.5. The minimum Gasteiger partial charge on any atom is -0.127 e. The van der Waals surface area contributed by atoms with Crippen molar-refractivity contribution < 1.29 is 0 Å². The first-order chi connectivity index (χ1) is 9.78. The predicted octanol–water partition coefficient (Wildman–Crippen LogP) is 4.69. The second kappa shape index (κ2) is 6.62. The van der Waals surface area contributed by atoms with Crippen LogP contribution in [-0.2, 0) is 0 Å². The van der Waals surface area contributed by atoms with Crippen LogP contribution in [0.2, 0.25) is 58.9 Å². The Morgan fingerprint density at radius 2 is 1.18 bits per heavy atom. The highest BCUT2D eigenvalue weighted by Gasteiger charge is 2.20. The van der Waals surface area contributed by atoms with E-state index in [1.165, 1.54) is 10.8 Å². The molecule has 0 unspecified atom stereocenters. The highest BCUT2D eigenvalue weighted by atomic mass is 28.3. The molecule has 0 amide bonds. The summed E-state index contributed by atoms with van der Waals surface area (Å²) in [5, 5.41) is 1.45. The second-order valence-electron chi connectivity index (χ2n) is 9.01. The van der Waals surface area contributed by atoms with Gasteiger partial charge in [0.1, 0.15) is 16.1 Å². The summed E-state index contributed by atoms with van der Waals surface area (Å²) in [6, 6.07) is 6.63. The summed E-state index contributed by atoms with van der Waals surface area (Å²) in [5.74, 6) is 6.86. The van der Waals surface area contributed by atoms with Gasteiger partial charge in [-0.15, -0.1) is 11.1 Å². The molecule has 0 nitrogen and oxygen atoms in total. The molecule has 3 heteroatoms. The van der Waals surface area contributed by atoms with Gasteiger partial charge in [0.25, 0.3) is 0 Å². The molecule has 0 atom stereocenters. The largest absolute Gasteiger partial charge is 0.129 e. The van der Waals surface area contributed by atoms with Gasteiger partial charge in [0, 0.05) is 11.1 Å². The molecular weight excluding hydrogens is 312 g/mol. The summed E-state index contributed by atoms with van der Waals surface area (Å²) in [6.45, 7) is 20.9. The molecule has 0 saturated carbocycles. The van der Waals surface area contributed by atoms with Crippen molar-refractivity contribution in [3.8, 4) is 22.9 Å². The third-order valence-corrected chi connectivity index (χ3v) is 6.76. The fraction of sp³-hybridized carbons (Fsp3) is 0.474. The van der Waals surface area contributed by atoms with Crippen LogP contribution in [0.15, 0.2) is 18.2 Å². The number of hydrogen-bond donors (Lipinski definition) is 0. The molecule has 0 heterocycles. The summed E-state index contributed by atoms with van der Waals surface area (Å²) in [6.07, 6.45) is 0. The molecular formula is C19H30Si3. The summed E-state index contributed by atoms with van der Waals surface area (Å²) in [7, 11) is -4.10. The average Bonchev–Trinajstić information content (AvgIpc) is 2.31. The fourth-order valence-corrected chi connectivity index (χ4v) is 4.44. The first-order valence-corrected chi connectivity index (χ1v) is 18.5. The molecule has 0 radical (unpaired) electrons. The van der Waals surface area contributed by atoms with Crippen molar-refractivity contribution in [3.05, 3.63) is 29.3 Å². The van der Waals surface area contributed by atoms with Crippen LogP contribution in [0.25, 0.3) is 0 Å². The lowest BCUT2D eigenvalue weighted by Gasteiger charge is -2.19. The van der Waals surface area contributed by atoms with Gasteiger partial charge in [0.05, 0.1) is 8.07 Å². The van der Waals surface area contributed by atoms with Crippen LogP contribution in [0.1, 0.15) is 11.1 Å². The predicted molar refractivity (Wildman–Crippen MR) is 110 cm³/mol. The van der Waals surface area contributed by atoms with Gasteiger partial charge in [0.15, 0.2) is 0 Å². The van der Waals surface area contributed by atoms with E-state index in [4.69, 9.17) is 0 Å². The summed E-state index contributed by atoms with van der Waals surface area (Å²) in [4.78, 5) is 0. The Bertz CT molecular complexity index is 658. The van der Waals surface area contributed by atoms with Crippen molar-refractivity contribution >= 4 is 29.4 Å². The minimum atomic E-state index is -1.42. The molecule has 0 fully saturated rings. The zero-order chi connectivity index (χ0) is 17.2. The van der Waals surface area contributed by atoms with Crippen molar-refractivity contribution in [2.75, 3.05) is 0 Å². The van der Waals surface area contributed by atoms with Crippen molar-refractivity contribution in [3.63, 3.8) is 0 Å². The van der Waals surface area contributed by atoms with Crippen molar-refractivity contribution in [2.45, 2.75) is 58.9 Å². The molecule has 0 aliphatic rings. The van der Waals surface area contributed by atoms with Crippen LogP contribution >= 0.6 is 0 Å². The van der Waals surface area contributed by atoms with Gasteiger partial charge < -0.3 is 0 Å². The Morgan fingerprint density at radius 1 is 0.682 bits per heavy atom. The van der Waals surface area contributed by atoms with Gasteiger partial charge in [0.2, 0.25) is 0 Å². The molecule has 118 valence electrons. The van der Waals surface area contributed by atoms with E-state index in [-0.39, 0.29) is 0 Å². The van der Waals surface area contributed by atoms with Gasteiger partial charge in [-0.25, -0.2) is 0 Å². The van der Waals surface area contributed by atoms with E-state index in [0.717, 1.165) is 5.56 Å². The van der Waals surface area contributed by atoms with Crippen molar-refractivity contribution in [2.24, 2.45) is 0 Å². The molecule has 0 N–H and O–H groups in total. The van der Waals surface area contributed by atoms with E-state index in [0.29, 0.717) is 0 Å². The van der Waals surface area contributed by atoms with Crippen LogP contribution in [0.3, 0.4) is 0 Å². The zero-order valence-corrected chi connectivity index (χ0v) is 18.7. The van der Waals surface area contributed by atoms with E-state index >= 15 is 0 Å². The maximum atomic E-state index is 3.51. The molecule has 0 saturated heterocycles. The fourth-order valence-electron chi connectivity index (χ4n) is 1.87. The van der Waals surface area contributed by atoms with E-state index in [9.17, 15) is 0 Å². The van der Waals surface area contributed by atoms with Gasteiger partial charge in [-0.3, -0.25) is 0 Å². The topological polar surface area (TPSA) is 0 Å². The summed E-state index contributed by atoms with van der Waals surface area (Å²) >= 11 is 0. The Labute approximate surface area is 140 Å².